The van der Waals surface area contributed by atoms with E-state index in [1.165, 1.54) is 32.1 Å². The molecule has 0 aromatic heterocycles. The number of aliphatic hydroxyl groups is 3. The van der Waals surface area contributed by atoms with E-state index in [-0.39, 0.29) is 28.8 Å². The van der Waals surface area contributed by atoms with Crippen LogP contribution < -0.4 is 0 Å². The molecule has 3 nitrogen and oxygen atoms in total. The van der Waals surface area contributed by atoms with Crippen LogP contribution in [0.15, 0.2) is 11.6 Å². The lowest BCUT2D eigenvalue weighted by Crippen LogP contribution is -2.67. The van der Waals surface area contributed by atoms with Crippen LogP contribution in [-0.2, 0) is 0 Å². The summed E-state index contributed by atoms with van der Waals surface area (Å²) in [5.41, 5.74) is 2.36. The van der Waals surface area contributed by atoms with E-state index in [0.29, 0.717) is 29.1 Å². The summed E-state index contributed by atoms with van der Waals surface area (Å²) in [5.74, 6) is 1.42. The molecule has 188 valence electrons. The van der Waals surface area contributed by atoms with Gasteiger partial charge in [-0.1, -0.05) is 60.1 Å². The van der Waals surface area contributed by atoms with Gasteiger partial charge in [0.2, 0.25) is 0 Å². The Labute approximate surface area is 202 Å². The lowest BCUT2D eigenvalue weighted by Gasteiger charge is -2.71. The highest BCUT2D eigenvalue weighted by Crippen LogP contribution is 2.75. The lowest BCUT2D eigenvalue weighted by atomic mass is 9.33. The van der Waals surface area contributed by atoms with Crippen LogP contribution in [0.25, 0.3) is 0 Å². The smallest absolute Gasteiger partial charge is 0.0877 e. The largest absolute Gasteiger partial charge is 0.396 e. The quantitative estimate of drug-likeness (QED) is 0.415. The van der Waals surface area contributed by atoms with Gasteiger partial charge in [-0.15, -0.1) is 0 Å². The molecular weight excluding hydrogens is 408 g/mol. The Kier molecular flexibility index (Phi) is 5.23. The van der Waals surface area contributed by atoms with Crippen LogP contribution in [-0.4, -0.2) is 34.1 Å². The first-order valence-electron chi connectivity index (χ1n) is 13.8. The van der Waals surface area contributed by atoms with Gasteiger partial charge in [-0.2, -0.15) is 0 Å². The first kappa shape index (κ1) is 24.3. The van der Waals surface area contributed by atoms with Crippen LogP contribution in [0, 0.1) is 50.2 Å². The zero-order valence-electron chi connectivity index (χ0n) is 22.4. The molecule has 3 N–H and O–H groups in total. The van der Waals surface area contributed by atoms with E-state index in [9.17, 15) is 15.3 Å². The summed E-state index contributed by atoms with van der Waals surface area (Å²) in [6.45, 7) is 17.1. The molecule has 0 aromatic carbocycles. The van der Waals surface area contributed by atoms with Crippen molar-refractivity contribution in [3.05, 3.63) is 11.6 Å². The van der Waals surface area contributed by atoms with E-state index < -0.39 is 17.6 Å². The van der Waals surface area contributed by atoms with Crippen molar-refractivity contribution < 1.29 is 15.3 Å². The van der Waals surface area contributed by atoms with Crippen LogP contribution in [0.5, 0.6) is 0 Å². The van der Waals surface area contributed by atoms with Crippen molar-refractivity contribution >= 4 is 0 Å². The second-order valence-corrected chi connectivity index (χ2v) is 15.2. The van der Waals surface area contributed by atoms with Gasteiger partial charge in [-0.25, -0.2) is 0 Å². The predicted molar refractivity (Wildman–Crippen MR) is 134 cm³/mol. The van der Waals surface area contributed by atoms with E-state index in [4.69, 9.17) is 0 Å². The second kappa shape index (κ2) is 7.10. The molecule has 0 amide bonds. The van der Waals surface area contributed by atoms with Crippen LogP contribution in [0.4, 0.5) is 0 Å². The molecule has 0 aliphatic heterocycles. The molecule has 0 radical (unpaired) electrons. The van der Waals surface area contributed by atoms with Gasteiger partial charge >= 0.3 is 0 Å². The fraction of sp³-hybridized carbons (Fsp3) is 0.933. The maximum atomic E-state index is 11.0. The average Bonchev–Trinajstić information content (AvgIpc) is 2.73. The first-order chi connectivity index (χ1) is 15.2. The van der Waals surface area contributed by atoms with Gasteiger partial charge < -0.3 is 15.3 Å². The number of allylic oxidation sites excluding steroid dienone is 2. The van der Waals surface area contributed by atoms with Gasteiger partial charge in [0.25, 0.3) is 0 Å². The molecule has 0 aromatic rings. The summed E-state index contributed by atoms with van der Waals surface area (Å²) >= 11 is 0. The minimum absolute atomic E-state index is 0.0528. The summed E-state index contributed by atoms with van der Waals surface area (Å²) in [4.78, 5) is 0. The third-order valence-electron chi connectivity index (χ3n) is 13.2. The number of rotatable bonds is 1. The van der Waals surface area contributed by atoms with Crippen molar-refractivity contribution in [2.45, 2.75) is 118 Å². The van der Waals surface area contributed by atoms with Crippen LogP contribution in [0.1, 0.15) is 106 Å². The topological polar surface area (TPSA) is 60.7 Å². The van der Waals surface area contributed by atoms with Crippen molar-refractivity contribution in [1.29, 1.82) is 0 Å². The fourth-order valence-corrected chi connectivity index (χ4v) is 10.7. The maximum absolute atomic E-state index is 11.0. The number of fused-ring (bicyclic) bond motifs is 7. The normalized spacial score (nSPS) is 57.8. The first-order valence-corrected chi connectivity index (χ1v) is 13.8. The van der Waals surface area contributed by atoms with Gasteiger partial charge in [-0.3, -0.25) is 0 Å². The molecule has 33 heavy (non-hydrogen) atoms. The zero-order valence-corrected chi connectivity index (χ0v) is 22.4. The van der Waals surface area contributed by atoms with Gasteiger partial charge in [0.05, 0.1) is 18.8 Å². The highest BCUT2D eigenvalue weighted by molar-refractivity contribution is 5.33. The highest BCUT2D eigenvalue weighted by atomic mass is 16.3. The van der Waals surface area contributed by atoms with E-state index in [2.05, 4.69) is 47.6 Å². The molecule has 0 unspecified atom stereocenters. The molecule has 3 heteroatoms. The van der Waals surface area contributed by atoms with E-state index in [0.717, 1.165) is 19.3 Å². The molecule has 4 saturated carbocycles. The summed E-state index contributed by atoms with van der Waals surface area (Å²) < 4.78 is 0. The van der Waals surface area contributed by atoms with Crippen LogP contribution >= 0.6 is 0 Å². The molecule has 5 aliphatic carbocycles. The van der Waals surface area contributed by atoms with Crippen molar-refractivity contribution in [3.63, 3.8) is 0 Å². The number of hydrogen-bond acceptors (Lipinski definition) is 3. The molecule has 4 fully saturated rings. The van der Waals surface area contributed by atoms with Crippen molar-refractivity contribution in [2.75, 3.05) is 6.61 Å². The number of aliphatic hydroxyl groups excluding tert-OH is 3. The Morgan fingerprint density at radius 3 is 2.18 bits per heavy atom. The summed E-state index contributed by atoms with van der Waals surface area (Å²) in [6.07, 6.45) is 11.7. The van der Waals surface area contributed by atoms with Crippen LogP contribution in [0.3, 0.4) is 0 Å². The zero-order chi connectivity index (χ0) is 24.2. The summed E-state index contributed by atoms with van der Waals surface area (Å²) in [6, 6.07) is 0. The highest BCUT2D eigenvalue weighted by Gasteiger charge is 2.69. The SMILES string of the molecule is CC1(C)CC[C@]2(C)CC[C@]3(C)C(=CC[C@@H]4[C@@]5(C)C[C@@H](O)[C@H](O)[C@@](C)(CO)[C@H]5CC[C@]43C)[C@@H]2C1. The molecular formula is C30H50O3. The van der Waals surface area contributed by atoms with Crippen molar-refractivity contribution in [3.8, 4) is 0 Å². The molecule has 5 rings (SSSR count). The second-order valence-electron chi connectivity index (χ2n) is 15.2. The summed E-state index contributed by atoms with van der Waals surface area (Å²) in [5, 5.41) is 32.3. The Morgan fingerprint density at radius 2 is 1.52 bits per heavy atom. The van der Waals surface area contributed by atoms with Gasteiger partial charge in [0.1, 0.15) is 0 Å². The average molecular weight is 459 g/mol. The van der Waals surface area contributed by atoms with Gasteiger partial charge in [0, 0.05) is 5.41 Å². The third-order valence-corrected chi connectivity index (χ3v) is 13.2. The van der Waals surface area contributed by atoms with E-state index in [1.54, 1.807) is 5.57 Å². The molecule has 5 aliphatic rings. The molecule has 0 saturated heterocycles. The Morgan fingerprint density at radius 1 is 0.848 bits per heavy atom. The van der Waals surface area contributed by atoms with Crippen LogP contribution in [0.2, 0.25) is 0 Å². The number of hydrogen-bond donors (Lipinski definition) is 3. The van der Waals surface area contributed by atoms with Gasteiger partial charge in [-0.05, 0) is 103 Å². The Balaban J connectivity index is 1.59. The molecule has 10 atom stereocenters. The molecule has 0 spiro atoms. The predicted octanol–water partition coefficient (Wildman–Crippen LogP) is 6.11. The monoisotopic (exact) mass is 458 g/mol. The maximum Gasteiger partial charge on any atom is 0.0877 e. The van der Waals surface area contributed by atoms with Crippen molar-refractivity contribution in [1.82, 2.24) is 0 Å². The summed E-state index contributed by atoms with van der Waals surface area (Å²) in [7, 11) is 0. The van der Waals surface area contributed by atoms with E-state index in [1.807, 2.05) is 6.92 Å². The van der Waals surface area contributed by atoms with Crippen molar-refractivity contribution in [2.24, 2.45) is 50.2 Å². The Bertz CT molecular complexity index is 847. The fourth-order valence-electron chi connectivity index (χ4n) is 10.7. The Hall–Kier alpha value is -0.380. The molecule has 0 heterocycles. The minimum Gasteiger partial charge on any atom is -0.396 e. The third kappa shape index (κ3) is 2.97. The minimum atomic E-state index is -0.838. The van der Waals surface area contributed by atoms with Gasteiger partial charge in [0.15, 0.2) is 0 Å². The van der Waals surface area contributed by atoms with E-state index >= 15 is 0 Å². The standard InChI is InChI=1S/C30H50O3/c1-25(2)12-13-26(3)14-15-29(6)19(20(26)16-25)8-9-23-27(4)17-21(32)24(33)28(5,18-31)22(27)10-11-30(23,29)7/h8,20-24,31-33H,9-18H2,1-7H3/t20-,21+,22-,23+,24-,26+,27-,28-,29+,30+/m0/s1. The molecule has 0 bridgehead atoms. The lowest BCUT2D eigenvalue weighted by molar-refractivity contribution is -0.243.